The Balaban J connectivity index is 2.61. The molecule has 1 heterocycles. The summed E-state index contributed by atoms with van der Waals surface area (Å²) >= 11 is 1.61. The van der Waals surface area contributed by atoms with Gasteiger partial charge in [-0.25, -0.2) is 0 Å². The van der Waals surface area contributed by atoms with Crippen LogP contribution in [-0.2, 0) is 13.0 Å². The SMILES string of the molecule is CCCc1sc(=N)n(CC)c1-c1ccccc1. The van der Waals surface area contributed by atoms with Gasteiger partial charge < -0.3 is 4.57 Å². The molecule has 0 bridgehead atoms. The van der Waals surface area contributed by atoms with Crippen molar-refractivity contribution in [3.8, 4) is 11.3 Å². The van der Waals surface area contributed by atoms with Crippen LogP contribution in [0.5, 0.6) is 0 Å². The number of benzene rings is 1. The van der Waals surface area contributed by atoms with E-state index >= 15 is 0 Å². The number of hydrogen-bond donors (Lipinski definition) is 1. The Morgan fingerprint density at radius 2 is 1.88 bits per heavy atom. The average molecular weight is 246 g/mol. The molecular formula is C14H18N2S. The van der Waals surface area contributed by atoms with Crippen LogP contribution in [0.1, 0.15) is 25.1 Å². The highest BCUT2D eigenvalue weighted by Gasteiger charge is 2.12. The number of aryl methyl sites for hydroxylation is 1. The molecule has 0 atom stereocenters. The molecule has 1 aromatic heterocycles. The predicted molar refractivity (Wildman–Crippen MR) is 73.3 cm³/mol. The van der Waals surface area contributed by atoms with Crippen molar-refractivity contribution < 1.29 is 0 Å². The van der Waals surface area contributed by atoms with Gasteiger partial charge in [0.1, 0.15) is 0 Å². The third-order valence-electron chi connectivity index (χ3n) is 2.84. The second-order valence-electron chi connectivity index (χ2n) is 4.04. The summed E-state index contributed by atoms with van der Waals surface area (Å²) < 4.78 is 2.10. The summed E-state index contributed by atoms with van der Waals surface area (Å²) in [5, 5.41) is 8.04. The van der Waals surface area contributed by atoms with Crippen LogP contribution in [-0.4, -0.2) is 4.57 Å². The first-order valence-electron chi connectivity index (χ1n) is 6.10. The number of thiazole rings is 1. The van der Waals surface area contributed by atoms with Gasteiger partial charge in [0.25, 0.3) is 0 Å². The van der Waals surface area contributed by atoms with Crippen LogP contribution < -0.4 is 4.80 Å². The minimum atomic E-state index is 0.662. The molecule has 0 saturated heterocycles. The molecule has 0 unspecified atom stereocenters. The minimum absolute atomic E-state index is 0.662. The molecule has 17 heavy (non-hydrogen) atoms. The van der Waals surface area contributed by atoms with Crippen LogP contribution in [0.3, 0.4) is 0 Å². The smallest absolute Gasteiger partial charge is 0.182 e. The Kier molecular flexibility index (Phi) is 3.79. The van der Waals surface area contributed by atoms with E-state index in [0.717, 1.165) is 19.4 Å². The van der Waals surface area contributed by atoms with E-state index in [0.29, 0.717) is 4.80 Å². The van der Waals surface area contributed by atoms with Gasteiger partial charge in [-0.2, -0.15) is 0 Å². The van der Waals surface area contributed by atoms with E-state index in [4.69, 9.17) is 5.41 Å². The molecule has 0 aliphatic rings. The van der Waals surface area contributed by atoms with Gasteiger partial charge in [0.2, 0.25) is 0 Å². The van der Waals surface area contributed by atoms with Crippen molar-refractivity contribution in [2.75, 3.05) is 0 Å². The van der Waals surface area contributed by atoms with E-state index in [-0.39, 0.29) is 0 Å². The average Bonchev–Trinajstić information content (AvgIpc) is 2.67. The Bertz CT molecular complexity index is 537. The summed E-state index contributed by atoms with van der Waals surface area (Å²) in [6.07, 6.45) is 2.19. The number of nitrogens with zero attached hydrogens (tertiary/aromatic N) is 1. The monoisotopic (exact) mass is 246 g/mol. The van der Waals surface area contributed by atoms with Crippen LogP contribution >= 0.6 is 11.3 Å². The topological polar surface area (TPSA) is 28.8 Å². The third-order valence-corrected chi connectivity index (χ3v) is 3.90. The van der Waals surface area contributed by atoms with E-state index in [1.807, 2.05) is 6.07 Å². The lowest BCUT2D eigenvalue weighted by atomic mass is 10.1. The lowest BCUT2D eigenvalue weighted by Gasteiger charge is -2.08. The normalized spacial score (nSPS) is 10.7. The summed E-state index contributed by atoms with van der Waals surface area (Å²) in [5.41, 5.74) is 2.47. The minimum Gasteiger partial charge on any atom is -0.317 e. The van der Waals surface area contributed by atoms with Crippen molar-refractivity contribution >= 4 is 11.3 Å². The molecule has 0 fully saturated rings. The maximum Gasteiger partial charge on any atom is 0.182 e. The maximum absolute atomic E-state index is 8.04. The molecule has 0 aliphatic heterocycles. The molecule has 0 amide bonds. The van der Waals surface area contributed by atoms with Gasteiger partial charge in [-0.15, -0.1) is 11.3 Å². The fourth-order valence-electron chi connectivity index (χ4n) is 2.08. The number of aromatic nitrogens is 1. The predicted octanol–water partition coefficient (Wildman–Crippen LogP) is 3.67. The quantitative estimate of drug-likeness (QED) is 0.853. The fourth-order valence-corrected chi connectivity index (χ4v) is 3.28. The molecule has 3 heteroatoms. The van der Waals surface area contributed by atoms with Gasteiger partial charge in [-0.05, 0) is 18.9 Å². The van der Waals surface area contributed by atoms with Gasteiger partial charge in [-0.3, -0.25) is 5.41 Å². The van der Waals surface area contributed by atoms with Crippen LogP contribution in [0.15, 0.2) is 30.3 Å². The lowest BCUT2D eigenvalue weighted by Crippen LogP contribution is -2.12. The first kappa shape index (κ1) is 12.1. The zero-order valence-electron chi connectivity index (χ0n) is 10.4. The van der Waals surface area contributed by atoms with Gasteiger partial charge in [-0.1, -0.05) is 43.7 Å². The Hall–Kier alpha value is -1.35. The largest absolute Gasteiger partial charge is 0.317 e. The highest BCUT2D eigenvalue weighted by molar-refractivity contribution is 7.09. The van der Waals surface area contributed by atoms with Crippen molar-refractivity contribution in [1.29, 1.82) is 5.41 Å². The fraction of sp³-hybridized carbons (Fsp3) is 0.357. The second-order valence-corrected chi connectivity index (χ2v) is 5.12. The molecule has 0 spiro atoms. The molecule has 2 rings (SSSR count). The third kappa shape index (κ3) is 2.34. The highest BCUT2D eigenvalue weighted by atomic mass is 32.1. The van der Waals surface area contributed by atoms with Crippen LogP contribution in [0.2, 0.25) is 0 Å². The van der Waals surface area contributed by atoms with Gasteiger partial charge in [0.15, 0.2) is 4.80 Å². The van der Waals surface area contributed by atoms with E-state index in [1.165, 1.54) is 16.1 Å². The van der Waals surface area contributed by atoms with E-state index in [1.54, 1.807) is 11.3 Å². The second kappa shape index (κ2) is 5.32. The first-order chi connectivity index (χ1) is 8.27. The lowest BCUT2D eigenvalue weighted by molar-refractivity contribution is 0.731. The molecular weight excluding hydrogens is 228 g/mol. The maximum atomic E-state index is 8.04. The molecule has 90 valence electrons. The number of hydrogen-bond acceptors (Lipinski definition) is 2. The van der Waals surface area contributed by atoms with Crippen molar-refractivity contribution in [2.24, 2.45) is 0 Å². The molecule has 0 radical (unpaired) electrons. The Morgan fingerprint density at radius 3 is 2.47 bits per heavy atom. The summed E-state index contributed by atoms with van der Waals surface area (Å²) in [7, 11) is 0. The summed E-state index contributed by atoms with van der Waals surface area (Å²) in [6, 6.07) is 10.4. The van der Waals surface area contributed by atoms with Crippen molar-refractivity contribution in [3.05, 3.63) is 40.0 Å². The molecule has 0 saturated carbocycles. The van der Waals surface area contributed by atoms with Crippen LogP contribution in [0.4, 0.5) is 0 Å². The van der Waals surface area contributed by atoms with Crippen molar-refractivity contribution in [2.45, 2.75) is 33.2 Å². The van der Waals surface area contributed by atoms with Gasteiger partial charge in [0.05, 0.1) is 5.69 Å². The molecule has 2 nitrogen and oxygen atoms in total. The molecule has 1 aromatic carbocycles. The summed E-state index contributed by atoms with van der Waals surface area (Å²) in [5.74, 6) is 0. The van der Waals surface area contributed by atoms with E-state index in [9.17, 15) is 0 Å². The molecule has 0 aliphatic carbocycles. The summed E-state index contributed by atoms with van der Waals surface area (Å²) in [6.45, 7) is 5.16. The number of rotatable bonds is 4. The van der Waals surface area contributed by atoms with Crippen LogP contribution in [0, 0.1) is 5.41 Å². The Morgan fingerprint density at radius 1 is 1.18 bits per heavy atom. The highest BCUT2D eigenvalue weighted by Crippen LogP contribution is 2.26. The van der Waals surface area contributed by atoms with Gasteiger partial charge >= 0.3 is 0 Å². The van der Waals surface area contributed by atoms with Crippen LogP contribution in [0.25, 0.3) is 11.3 Å². The van der Waals surface area contributed by atoms with Crippen molar-refractivity contribution in [1.82, 2.24) is 4.57 Å². The standard InChI is InChI=1S/C14H18N2S/c1-3-8-12-13(11-9-6-5-7-10-11)16(4-2)14(15)17-12/h5-7,9-10,15H,3-4,8H2,1-2H3. The van der Waals surface area contributed by atoms with Crippen molar-refractivity contribution in [3.63, 3.8) is 0 Å². The zero-order chi connectivity index (χ0) is 12.3. The molecule has 2 aromatic rings. The number of nitrogens with one attached hydrogen (secondary N) is 1. The van der Waals surface area contributed by atoms with E-state index in [2.05, 4.69) is 42.7 Å². The van der Waals surface area contributed by atoms with Gasteiger partial charge in [0, 0.05) is 11.4 Å². The zero-order valence-corrected chi connectivity index (χ0v) is 11.2. The van der Waals surface area contributed by atoms with E-state index < -0.39 is 0 Å². The first-order valence-corrected chi connectivity index (χ1v) is 6.92. The molecule has 1 N–H and O–H groups in total. The Labute approximate surface area is 106 Å². The summed E-state index contributed by atoms with van der Waals surface area (Å²) in [4.78, 5) is 2.00.